The summed E-state index contributed by atoms with van der Waals surface area (Å²) in [6.45, 7) is 4.00. The minimum atomic E-state index is -2.00. The number of benzene rings is 5. The van der Waals surface area contributed by atoms with Crippen molar-refractivity contribution < 1.29 is 21.7 Å². The van der Waals surface area contributed by atoms with E-state index in [-0.39, 0.29) is 0 Å². The summed E-state index contributed by atoms with van der Waals surface area (Å²) in [4.78, 5) is 1.45. The first-order valence-electron chi connectivity index (χ1n) is 12.4. The van der Waals surface area contributed by atoms with Crippen LogP contribution in [0.25, 0.3) is 21.5 Å². The molecule has 0 saturated carbocycles. The van der Waals surface area contributed by atoms with E-state index in [1.54, 1.807) is 60.9 Å². The average molecular weight is 630 g/mol. The highest BCUT2D eigenvalue weighted by molar-refractivity contribution is 7.84. The summed E-state index contributed by atoms with van der Waals surface area (Å²) in [7, 11) is -0.996. The number of hydrogen-bond acceptors (Lipinski definition) is 8. The highest BCUT2D eigenvalue weighted by Gasteiger charge is 2.06. The zero-order valence-corrected chi connectivity index (χ0v) is 25.8. The van der Waals surface area contributed by atoms with Crippen LogP contribution in [0.15, 0.2) is 99.6 Å². The van der Waals surface area contributed by atoms with Crippen LogP contribution in [0.3, 0.4) is 0 Å². The Balaban J connectivity index is 0.000000218. The second-order valence-corrected chi connectivity index (χ2v) is 11.7. The molecule has 13 heteroatoms. The number of hydrogen-bond donors (Lipinski definition) is 7. The summed E-state index contributed by atoms with van der Waals surface area (Å²) in [6, 6.07) is 23.5. The molecule has 3 unspecified atom stereocenters. The van der Waals surface area contributed by atoms with E-state index in [4.69, 9.17) is 37.8 Å². The maximum atomic E-state index is 11.3. The lowest BCUT2D eigenvalue weighted by Gasteiger charge is -2.06. The van der Waals surface area contributed by atoms with Crippen LogP contribution in [0.4, 0.5) is 28.4 Å². The van der Waals surface area contributed by atoms with Crippen molar-refractivity contribution in [1.29, 1.82) is 0 Å². The number of fused-ring (bicyclic) bond motifs is 2. The van der Waals surface area contributed by atoms with Crippen molar-refractivity contribution in [1.82, 2.24) is 0 Å². The summed E-state index contributed by atoms with van der Waals surface area (Å²) >= 11 is -3.89. The summed E-state index contributed by atoms with van der Waals surface area (Å²) in [5.74, 6) is 0. The van der Waals surface area contributed by atoms with Gasteiger partial charge in [-0.05, 0) is 72.8 Å². The molecule has 3 atom stereocenters. The van der Waals surface area contributed by atoms with Gasteiger partial charge in [0.15, 0.2) is 22.2 Å². The molecule has 12 N–H and O–H groups in total. The molecular weight excluding hydrogens is 595 g/mol. The van der Waals surface area contributed by atoms with E-state index in [9.17, 15) is 12.6 Å². The Morgan fingerprint density at radius 2 is 0.810 bits per heavy atom. The monoisotopic (exact) mass is 629 g/mol. The Labute approximate surface area is 252 Å². The maximum absolute atomic E-state index is 11.3. The normalized spacial score (nSPS) is 12.4. The molecule has 0 fully saturated rings. The molecule has 5 aromatic rings. The van der Waals surface area contributed by atoms with Gasteiger partial charge in [-0.25, -0.2) is 8.42 Å². The summed E-state index contributed by atoms with van der Waals surface area (Å²) in [6.07, 6.45) is 1.64. The maximum Gasteiger partial charge on any atom is 0.186 e. The van der Waals surface area contributed by atoms with Gasteiger partial charge in [0.2, 0.25) is 0 Å². The van der Waals surface area contributed by atoms with Crippen LogP contribution in [-0.4, -0.2) is 28.0 Å². The lowest BCUT2D eigenvalue weighted by atomic mass is 10.1. The van der Waals surface area contributed by atoms with Crippen molar-refractivity contribution in [2.24, 2.45) is 0 Å². The fourth-order valence-corrected chi connectivity index (χ4v) is 4.93. The number of anilines is 5. The van der Waals surface area contributed by atoms with Gasteiger partial charge in [0.05, 0.1) is 9.79 Å². The standard InChI is InChI=1S/C11H12N2OS.C10H10N2O2S.C6H7NO2S.C2H6/c1-15(14)7-2-3-8-9(6-7)11(13)5-4-10(8)12;11-9-3-4-10(12)8-5-6(15(13)14)1-2-7(8)9;7-5-1-3-6(4-2-5)10(8)9;1-2/h2-6H,12-13H2,1H3;1-5H,11-12H2,(H,13,14);1-4H,7H2,(H,8,9);1-2H3. The van der Waals surface area contributed by atoms with Crippen LogP contribution < -0.4 is 28.7 Å². The van der Waals surface area contributed by atoms with Gasteiger partial charge in [0.1, 0.15) is 0 Å². The fraction of sp³-hybridized carbons (Fsp3) is 0.103. The van der Waals surface area contributed by atoms with Crippen LogP contribution in [0.1, 0.15) is 13.8 Å². The van der Waals surface area contributed by atoms with Gasteiger partial charge >= 0.3 is 0 Å². The van der Waals surface area contributed by atoms with Crippen LogP contribution >= 0.6 is 0 Å². The van der Waals surface area contributed by atoms with Gasteiger partial charge in [-0.15, -0.1) is 0 Å². The third-order valence-electron chi connectivity index (χ3n) is 5.73. The highest BCUT2D eigenvalue weighted by atomic mass is 32.2. The van der Waals surface area contributed by atoms with E-state index in [0.717, 1.165) is 21.1 Å². The van der Waals surface area contributed by atoms with Crippen molar-refractivity contribution in [2.45, 2.75) is 28.5 Å². The predicted molar refractivity (Wildman–Crippen MR) is 178 cm³/mol. The van der Waals surface area contributed by atoms with Crippen LogP contribution in [-0.2, 0) is 33.0 Å². The molecule has 0 radical (unpaired) electrons. The van der Waals surface area contributed by atoms with E-state index < -0.39 is 33.0 Å². The highest BCUT2D eigenvalue weighted by Crippen LogP contribution is 2.29. The first-order chi connectivity index (χ1) is 19.9. The Bertz CT molecular complexity index is 1650. The molecule has 224 valence electrons. The number of rotatable bonds is 3. The van der Waals surface area contributed by atoms with Crippen LogP contribution in [0.5, 0.6) is 0 Å². The average Bonchev–Trinajstić information content (AvgIpc) is 2.98. The molecule has 5 aromatic carbocycles. The molecule has 0 saturated heterocycles. The topological polar surface area (TPSA) is 222 Å². The van der Waals surface area contributed by atoms with Gasteiger partial charge in [-0.1, -0.05) is 26.0 Å². The Kier molecular flexibility index (Phi) is 12.9. The van der Waals surface area contributed by atoms with E-state index in [0.29, 0.717) is 43.6 Å². The molecule has 5 rings (SSSR count). The Morgan fingerprint density at radius 3 is 1.19 bits per heavy atom. The van der Waals surface area contributed by atoms with Crippen LogP contribution in [0.2, 0.25) is 0 Å². The number of nitrogen functional groups attached to an aromatic ring is 5. The van der Waals surface area contributed by atoms with Crippen molar-refractivity contribution in [3.05, 3.63) is 84.9 Å². The van der Waals surface area contributed by atoms with Crippen molar-refractivity contribution in [3.8, 4) is 0 Å². The lowest BCUT2D eigenvalue weighted by Crippen LogP contribution is -1.94. The molecule has 0 aliphatic carbocycles. The molecule has 0 amide bonds. The zero-order chi connectivity index (χ0) is 31.6. The Morgan fingerprint density at radius 1 is 0.476 bits per heavy atom. The SMILES string of the molecule is CC.CS(=O)c1ccc2c(N)ccc(N)c2c1.Nc1ccc(N)c2cc(S(=O)O)ccc12.Nc1ccc(S(=O)O)cc1. The smallest absolute Gasteiger partial charge is 0.186 e. The lowest BCUT2D eigenvalue weighted by molar-refractivity contribution is 0.563. The largest absolute Gasteiger partial charge is 0.399 e. The number of nitrogens with two attached hydrogens (primary N) is 5. The molecule has 42 heavy (non-hydrogen) atoms. The molecule has 0 bridgehead atoms. The molecule has 10 nitrogen and oxygen atoms in total. The molecule has 0 aliphatic rings. The molecule has 0 heterocycles. The van der Waals surface area contributed by atoms with Crippen molar-refractivity contribution in [3.63, 3.8) is 0 Å². The van der Waals surface area contributed by atoms with Gasteiger partial charge < -0.3 is 37.8 Å². The first kappa shape index (κ1) is 34.2. The fourth-order valence-electron chi connectivity index (χ4n) is 3.62. The quantitative estimate of drug-likeness (QED) is 0.102. The summed E-state index contributed by atoms with van der Waals surface area (Å²) in [5.41, 5.74) is 31.6. The summed E-state index contributed by atoms with van der Waals surface area (Å²) < 4.78 is 50.1. The van der Waals surface area contributed by atoms with Gasteiger partial charge in [0.25, 0.3) is 0 Å². The van der Waals surface area contributed by atoms with Crippen LogP contribution in [0, 0.1) is 0 Å². The second kappa shape index (κ2) is 15.8. The van der Waals surface area contributed by atoms with Gasteiger partial charge in [0, 0.05) is 71.9 Å². The van der Waals surface area contributed by atoms with Gasteiger partial charge in [-0.2, -0.15) is 0 Å². The molecular formula is C29H35N5O5S3. The second-order valence-electron chi connectivity index (χ2n) is 8.42. The van der Waals surface area contributed by atoms with E-state index in [2.05, 4.69) is 0 Å². The molecule has 0 aliphatic heterocycles. The zero-order valence-electron chi connectivity index (χ0n) is 23.3. The third kappa shape index (κ3) is 8.99. The first-order valence-corrected chi connectivity index (χ1v) is 16.2. The van der Waals surface area contributed by atoms with E-state index in [1.165, 1.54) is 12.1 Å². The summed E-state index contributed by atoms with van der Waals surface area (Å²) in [5, 5.41) is 3.27. The van der Waals surface area contributed by atoms with Crippen molar-refractivity contribution in [2.75, 3.05) is 34.9 Å². The van der Waals surface area contributed by atoms with Crippen molar-refractivity contribution >= 4 is 82.9 Å². The predicted octanol–water partition coefficient (Wildman–Crippen LogP) is 5.20. The minimum Gasteiger partial charge on any atom is -0.399 e. The third-order valence-corrected chi connectivity index (χ3v) is 7.98. The Hall–Kier alpha value is -4.01. The van der Waals surface area contributed by atoms with E-state index in [1.807, 2.05) is 32.0 Å². The van der Waals surface area contributed by atoms with E-state index >= 15 is 0 Å². The minimum absolute atomic E-state index is 0.319. The molecule has 0 spiro atoms. The van der Waals surface area contributed by atoms with Gasteiger partial charge in [-0.3, -0.25) is 4.21 Å². The molecule has 0 aromatic heterocycles.